The number of nitrogens with one attached hydrogen (secondary N) is 1. The van der Waals surface area contributed by atoms with Crippen LogP contribution in [0, 0.1) is 5.92 Å². The monoisotopic (exact) mass is 419 g/mol. The first-order valence-electron chi connectivity index (χ1n) is 10.6. The number of hydrogen-bond acceptors (Lipinski definition) is 4. The summed E-state index contributed by atoms with van der Waals surface area (Å²) in [5.74, 6) is -0.521. The van der Waals surface area contributed by atoms with E-state index < -0.39 is 0 Å². The molecule has 0 saturated heterocycles. The smallest absolute Gasteiger partial charge is 0.277 e. The Bertz CT molecular complexity index is 994. The molecule has 0 spiro atoms. The number of rotatable bonds is 8. The molecule has 1 aliphatic heterocycles. The highest BCUT2D eigenvalue weighted by Crippen LogP contribution is 2.33. The molecule has 2 aromatic carbocycles. The molecular formula is C25H29N3O3. The highest BCUT2D eigenvalue weighted by atomic mass is 16.2. The summed E-state index contributed by atoms with van der Waals surface area (Å²) in [5.41, 5.74) is 3.23. The van der Waals surface area contributed by atoms with Crippen molar-refractivity contribution >= 4 is 29.0 Å². The minimum absolute atomic E-state index is 0.164. The summed E-state index contributed by atoms with van der Waals surface area (Å²) in [4.78, 5) is 41.4. The zero-order valence-electron chi connectivity index (χ0n) is 18.5. The van der Waals surface area contributed by atoms with Gasteiger partial charge >= 0.3 is 0 Å². The van der Waals surface area contributed by atoms with Crippen molar-refractivity contribution in [3.63, 3.8) is 0 Å². The topological polar surface area (TPSA) is 69.7 Å². The van der Waals surface area contributed by atoms with E-state index in [9.17, 15) is 14.4 Å². The number of carbonyl (C=O) groups excluding carboxylic acids is 3. The van der Waals surface area contributed by atoms with Crippen LogP contribution in [0.2, 0.25) is 0 Å². The summed E-state index contributed by atoms with van der Waals surface area (Å²) in [5, 5.41) is 2.73. The molecule has 1 aliphatic rings. The number of anilines is 1. The van der Waals surface area contributed by atoms with Crippen molar-refractivity contribution in [1.82, 2.24) is 9.80 Å². The van der Waals surface area contributed by atoms with E-state index in [4.69, 9.17) is 0 Å². The van der Waals surface area contributed by atoms with Gasteiger partial charge in [-0.2, -0.15) is 0 Å². The second-order valence-corrected chi connectivity index (χ2v) is 8.10. The van der Waals surface area contributed by atoms with E-state index in [-0.39, 0.29) is 23.6 Å². The van der Waals surface area contributed by atoms with Crippen LogP contribution >= 0.6 is 0 Å². The van der Waals surface area contributed by atoms with Gasteiger partial charge in [-0.25, -0.2) is 0 Å². The van der Waals surface area contributed by atoms with Gasteiger partial charge in [0.2, 0.25) is 5.91 Å². The summed E-state index contributed by atoms with van der Waals surface area (Å²) in [6, 6.07) is 17.0. The third-order valence-corrected chi connectivity index (χ3v) is 5.10. The lowest BCUT2D eigenvalue weighted by Gasteiger charge is -2.25. The van der Waals surface area contributed by atoms with E-state index in [1.165, 1.54) is 11.8 Å². The fourth-order valence-corrected chi connectivity index (χ4v) is 3.72. The summed E-state index contributed by atoms with van der Waals surface area (Å²) < 4.78 is 0. The second kappa shape index (κ2) is 9.60. The molecule has 31 heavy (non-hydrogen) atoms. The molecular weight excluding hydrogens is 390 g/mol. The Balaban J connectivity index is 2.05. The van der Waals surface area contributed by atoms with Crippen molar-refractivity contribution < 1.29 is 14.4 Å². The minimum atomic E-state index is -0.271. The fourth-order valence-electron chi connectivity index (χ4n) is 3.72. The average Bonchev–Trinajstić information content (AvgIpc) is 2.97. The van der Waals surface area contributed by atoms with Crippen molar-refractivity contribution in [2.45, 2.75) is 34.2 Å². The maximum atomic E-state index is 13.4. The number of hydrogen-bond donors (Lipinski definition) is 1. The SMILES string of the molecule is CCN(Cc1ccccc1)C1=C(c2ccc(NC(C)=O)cc2)C(=O)N(CC(C)C)C1=O. The first-order valence-corrected chi connectivity index (χ1v) is 10.6. The maximum Gasteiger partial charge on any atom is 0.277 e. The molecule has 3 amide bonds. The normalized spacial score (nSPS) is 13.9. The molecule has 2 aromatic rings. The molecule has 0 bridgehead atoms. The van der Waals surface area contributed by atoms with E-state index in [2.05, 4.69) is 5.32 Å². The van der Waals surface area contributed by atoms with Gasteiger partial charge in [-0.15, -0.1) is 0 Å². The van der Waals surface area contributed by atoms with Crippen molar-refractivity contribution in [2.24, 2.45) is 5.92 Å². The summed E-state index contributed by atoms with van der Waals surface area (Å²) in [6.45, 7) is 8.90. The number of benzene rings is 2. The van der Waals surface area contributed by atoms with E-state index in [0.717, 1.165) is 5.56 Å². The van der Waals surface area contributed by atoms with Gasteiger partial charge in [0.25, 0.3) is 11.8 Å². The molecule has 0 atom stereocenters. The van der Waals surface area contributed by atoms with Crippen LogP contribution in [0.15, 0.2) is 60.3 Å². The van der Waals surface area contributed by atoms with Crippen LogP contribution in [0.3, 0.4) is 0 Å². The van der Waals surface area contributed by atoms with Gasteiger partial charge in [0.15, 0.2) is 0 Å². The summed E-state index contributed by atoms with van der Waals surface area (Å²) in [6.07, 6.45) is 0. The molecule has 3 rings (SSSR count). The highest BCUT2D eigenvalue weighted by molar-refractivity contribution is 6.35. The zero-order valence-corrected chi connectivity index (χ0v) is 18.5. The first-order chi connectivity index (χ1) is 14.8. The van der Waals surface area contributed by atoms with Gasteiger partial charge in [0.1, 0.15) is 5.70 Å². The van der Waals surface area contributed by atoms with Crippen LogP contribution < -0.4 is 5.32 Å². The van der Waals surface area contributed by atoms with Crippen molar-refractivity contribution in [3.05, 3.63) is 71.4 Å². The Morgan fingerprint density at radius 3 is 2.19 bits per heavy atom. The Morgan fingerprint density at radius 1 is 1.00 bits per heavy atom. The Hall–Kier alpha value is -3.41. The molecule has 0 saturated carbocycles. The largest absolute Gasteiger partial charge is 0.362 e. The molecule has 0 aliphatic carbocycles. The van der Waals surface area contributed by atoms with Gasteiger partial charge < -0.3 is 10.2 Å². The minimum Gasteiger partial charge on any atom is -0.362 e. The lowest BCUT2D eigenvalue weighted by molar-refractivity contribution is -0.138. The fraction of sp³-hybridized carbons (Fsp3) is 0.320. The van der Waals surface area contributed by atoms with Crippen LogP contribution in [-0.2, 0) is 20.9 Å². The average molecular weight is 420 g/mol. The standard InChI is InChI=1S/C25H29N3O3/c1-5-27(16-19-9-7-6-8-10-19)23-22(24(30)28(25(23)31)15-17(2)3)20-11-13-21(14-12-20)26-18(4)29/h6-14,17H,5,15-16H2,1-4H3,(H,26,29). The van der Waals surface area contributed by atoms with Crippen molar-refractivity contribution in [3.8, 4) is 0 Å². The third-order valence-electron chi connectivity index (χ3n) is 5.10. The van der Waals surface area contributed by atoms with Gasteiger partial charge in [0.05, 0.1) is 5.57 Å². The van der Waals surface area contributed by atoms with Gasteiger partial charge in [-0.05, 0) is 36.1 Å². The molecule has 6 nitrogen and oxygen atoms in total. The molecule has 1 heterocycles. The lowest BCUT2D eigenvalue weighted by atomic mass is 10.0. The molecule has 0 unspecified atom stereocenters. The number of amides is 3. The van der Waals surface area contributed by atoms with E-state index in [0.29, 0.717) is 42.2 Å². The van der Waals surface area contributed by atoms with E-state index in [1.54, 1.807) is 24.3 Å². The number of nitrogens with zero attached hydrogens (tertiary/aromatic N) is 2. The van der Waals surface area contributed by atoms with Crippen LogP contribution in [0.1, 0.15) is 38.8 Å². The van der Waals surface area contributed by atoms with Gasteiger partial charge in [-0.3, -0.25) is 19.3 Å². The van der Waals surface area contributed by atoms with E-state index >= 15 is 0 Å². The van der Waals surface area contributed by atoms with Crippen molar-refractivity contribution in [2.75, 3.05) is 18.4 Å². The molecule has 162 valence electrons. The summed E-state index contributed by atoms with van der Waals surface area (Å²) in [7, 11) is 0. The van der Waals surface area contributed by atoms with Crippen LogP contribution in [0.4, 0.5) is 5.69 Å². The number of imide groups is 1. The Kier molecular flexibility index (Phi) is 6.90. The highest BCUT2D eigenvalue weighted by Gasteiger charge is 2.41. The van der Waals surface area contributed by atoms with Crippen LogP contribution in [0.5, 0.6) is 0 Å². The lowest BCUT2D eigenvalue weighted by Crippen LogP contribution is -2.37. The Labute approximate surface area is 183 Å². The molecule has 0 radical (unpaired) electrons. The molecule has 1 N–H and O–H groups in total. The van der Waals surface area contributed by atoms with Crippen molar-refractivity contribution in [1.29, 1.82) is 0 Å². The predicted molar refractivity (Wildman–Crippen MR) is 122 cm³/mol. The zero-order chi connectivity index (χ0) is 22.5. The van der Waals surface area contributed by atoms with Crippen LogP contribution in [0.25, 0.3) is 5.57 Å². The number of likely N-dealkylation sites (N-methyl/N-ethyl adjacent to an activating group) is 1. The van der Waals surface area contributed by atoms with E-state index in [1.807, 2.05) is 56.0 Å². The maximum absolute atomic E-state index is 13.4. The van der Waals surface area contributed by atoms with Crippen LogP contribution in [-0.4, -0.2) is 40.6 Å². The summed E-state index contributed by atoms with van der Waals surface area (Å²) >= 11 is 0. The Morgan fingerprint density at radius 2 is 1.65 bits per heavy atom. The molecule has 0 aromatic heterocycles. The molecule has 0 fully saturated rings. The predicted octanol–water partition coefficient (Wildman–Crippen LogP) is 3.90. The quantitative estimate of drug-likeness (QED) is 0.659. The number of carbonyl (C=O) groups is 3. The molecule has 6 heteroatoms. The van der Waals surface area contributed by atoms with Gasteiger partial charge in [0, 0.05) is 32.2 Å². The first kappa shape index (κ1) is 22.3. The third kappa shape index (κ3) is 5.02. The second-order valence-electron chi connectivity index (χ2n) is 8.10. The van der Waals surface area contributed by atoms with Gasteiger partial charge in [-0.1, -0.05) is 56.3 Å².